The van der Waals surface area contributed by atoms with Gasteiger partial charge in [-0.25, -0.2) is 4.79 Å². The van der Waals surface area contributed by atoms with Crippen LogP contribution in [0.1, 0.15) is 34.2 Å². The summed E-state index contributed by atoms with van der Waals surface area (Å²) in [5.41, 5.74) is 3.34. The van der Waals surface area contributed by atoms with Crippen LogP contribution in [-0.2, 0) is 17.6 Å². The minimum absolute atomic E-state index is 0.160. The van der Waals surface area contributed by atoms with Gasteiger partial charge in [0, 0.05) is 17.4 Å². The van der Waals surface area contributed by atoms with Gasteiger partial charge in [0.05, 0.1) is 0 Å². The van der Waals surface area contributed by atoms with E-state index in [9.17, 15) is 14.7 Å². The topological polar surface area (TPSA) is 79.5 Å². The van der Waals surface area contributed by atoms with Crippen LogP contribution in [0.3, 0.4) is 0 Å². The molecule has 0 radical (unpaired) electrons. The fourth-order valence-electron chi connectivity index (χ4n) is 2.98. The predicted molar refractivity (Wildman–Crippen MR) is 99.4 cm³/mol. The fraction of sp³-hybridized carbons (Fsp3) is 0.238. The van der Waals surface area contributed by atoms with Crippen LogP contribution in [0.2, 0.25) is 0 Å². The average molecular weight is 351 g/mol. The molecule has 0 aliphatic rings. The zero-order chi connectivity index (χ0) is 18.7. The maximum Gasteiger partial charge on any atom is 0.326 e. The second-order valence-corrected chi connectivity index (χ2v) is 6.29. The molecule has 1 amide bonds. The Balaban J connectivity index is 1.84. The third-order valence-corrected chi connectivity index (χ3v) is 4.50. The first-order chi connectivity index (χ1) is 12.5. The Morgan fingerprint density at radius 2 is 1.85 bits per heavy atom. The predicted octanol–water partition coefficient (Wildman–Crippen LogP) is 3.73. The Morgan fingerprint density at radius 3 is 2.50 bits per heavy atom. The van der Waals surface area contributed by atoms with E-state index >= 15 is 0 Å². The summed E-state index contributed by atoms with van der Waals surface area (Å²) in [7, 11) is 0. The van der Waals surface area contributed by atoms with Crippen molar-refractivity contribution in [1.29, 1.82) is 0 Å². The number of furan rings is 1. The summed E-state index contributed by atoms with van der Waals surface area (Å²) in [5.74, 6) is -1.43. The van der Waals surface area contributed by atoms with Crippen molar-refractivity contribution in [2.45, 2.75) is 32.7 Å². The summed E-state index contributed by atoms with van der Waals surface area (Å²) in [4.78, 5) is 24.2. The van der Waals surface area contributed by atoms with E-state index in [-0.39, 0.29) is 12.2 Å². The first-order valence-electron chi connectivity index (χ1n) is 8.59. The Hall–Kier alpha value is -3.08. The molecule has 0 fully saturated rings. The van der Waals surface area contributed by atoms with Gasteiger partial charge in [-0.3, -0.25) is 4.79 Å². The van der Waals surface area contributed by atoms with Crippen molar-refractivity contribution in [2.24, 2.45) is 0 Å². The van der Waals surface area contributed by atoms with Gasteiger partial charge >= 0.3 is 5.97 Å². The van der Waals surface area contributed by atoms with E-state index < -0.39 is 17.9 Å². The molecule has 0 spiro atoms. The Morgan fingerprint density at radius 1 is 1.12 bits per heavy atom. The number of hydrogen-bond donors (Lipinski definition) is 2. The van der Waals surface area contributed by atoms with E-state index in [1.54, 1.807) is 0 Å². The zero-order valence-corrected chi connectivity index (χ0v) is 14.8. The molecule has 3 rings (SSSR count). The molecule has 2 N–H and O–H groups in total. The summed E-state index contributed by atoms with van der Waals surface area (Å²) in [6.07, 6.45) is 1.10. The van der Waals surface area contributed by atoms with E-state index in [2.05, 4.69) is 12.2 Å². The molecule has 2 aromatic carbocycles. The quantitative estimate of drug-likeness (QED) is 0.709. The minimum Gasteiger partial charge on any atom is -0.480 e. The lowest BCUT2D eigenvalue weighted by Crippen LogP contribution is -2.42. The smallest absolute Gasteiger partial charge is 0.326 e. The molecule has 5 nitrogen and oxygen atoms in total. The highest BCUT2D eigenvalue weighted by Crippen LogP contribution is 2.26. The average Bonchev–Trinajstić information content (AvgIpc) is 2.98. The Bertz CT molecular complexity index is 943. The van der Waals surface area contributed by atoms with E-state index in [4.69, 9.17) is 4.42 Å². The Labute approximate surface area is 151 Å². The monoisotopic (exact) mass is 351 g/mol. The lowest BCUT2D eigenvalue weighted by atomic mass is 10.1. The van der Waals surface area contributed by atoms with Crippen LogP contribution < -0.4 is 5.32 Å². The number of rotatable bonds is 6. The van der Waals surface area contributed by atoms with Crippen molar-refractivity contribution in [3.8, 4) is 0 Å². The van der Waals surface area contributed by atoms with Gasteiger partial charge in [0.2, 0.25) is 0 Å². The fourth-order valence-corrected chi connectivity index (χ4v) is 2.98. The molecule has 26 heavy (non-hydrogen) atoms. The number of carboxylic acids is 1. The SMILES string of the molecule is CCc1ccc2oc(C(=O)NC(Cc3ccccc3)C(=O)O)c(C)c2c1. The molecular weight excluding hydrogens is 330 g/mol. The van der Waals surface area contributed by atoms with Crippen LogP contribution in [0.25, 0.3) is 11.0 Å². The van der Waals surface area contributed by atoms with Crippen molar-refractivity contribution in [3.05, 3.63) is 71.0 Å². The molecule has 0 bridgehead atoms. The number of carboxylic acid groups (broad SMARTS) is 1. The van der Waals surface area contributed by atoms with Gasteiger partial charge in [-0.15, -0.1) is 0 Å². The summed E-state index contributed by atoms with van der Waals surface area (Å²) >= 11 is 0. The molecule has 1 unspecified atom stereocenters. The first-order valence-corrected chi connectivity index (χ1v) is 8.59. The van der Waals surface area contributed by atoms with E-state index in [0.29, 0.717) is 5.58 Å². The number of fused-ring (bicyclic) bond motifs is 1. The molecule has 0 saturated carbocycles. The summed E-state index contributed by atoms with van der Waals surface area (Å²) in [6.45, 7) is 3.87. The van der Waals surface area contributed by atoms with Crippen molar-refractivity contribution < 1.29 is 19.1 Å². The Kier molecular flexibility index (Phi) is 5.07. The van der Waals surface area contributed by atoms with Crippen LogP contribution in [0.4, 0.5) is 0 Å². The van der Waals surface area contributed by atoms with Gasteiger partial charge in [0.1, 0.15) is 11.6 Å². The van der Waals surface area contributed by atoms with Gasteiger partial charge in [0.25, 0.3) is 5.91 Å². The molecule has 0 aliphatic heterocycles. The van der Waals surface area contributed by atoms with Crippen LogP contribution in [0.5, 0.6) is 0 Å². The number of benzene rings is 2. The summed E-state index contributed by atoms with van der Waals surface area (Å²) < 4.78 is 5.69. The molecule has 0 saturated heterocycles. The molecule has 1 aromatic heterocycles. The molecule has 5 heteroatoms. The van der Waals surface area contributed by atoms with Crippen molar-refractivity contribution in [3.63, 3.8) is 0 Å². The standard InChI is InChI=1S/C21H21NO4/c1-3-14-9-10-18-16(11-14)13(2)19(26-18)20(23)22-17(21(24)25)12-15-7-5-4-6-8-15/h4-11,17H,3,12H2,1-2H3,(H,22,23)(H,24,25). The highest BCUT2D eigenvalue weighted by Gasteiger charge is 2.25. The normalized spacial score (nSPS) is 12.1. The van der Waals surface area contributed by atoms with Crippen LogP contribution in [-0.4, -0.2) is 23.0 Å². The number of aliphatic carboxylic acids is 1. The van der Waals surface area contributed by atoms with Gasteiger partial charge in [0.15, 0.2) is 5.76 Å². The lowest BCUT2D eigenvalue weighted by molar-refractivity contribution is -0.139. The zero-order valence-electron chi connectivity index (χ0n) is 14.8. The number of nitrogens with one attached hydrogen (secondary N) is 1. The van der Waals surface area contributed by atoms with Crippen molar-refractivity contribution >= 4 is 22.8 Å². The maximum atomic E-state index is 12.6. The second kappa shape index (κ2) is 7.44. The minimum atomic E-state index is -1.08. The van der Waals surface area contributed by atoms with E-state index in [1.165, 1.54) is 0 Å². The molecular formula is C21H21NO4. The summed E-state index contributed by atoms with van der Waals surface area (Å²) in [5, 5.41) is 12.9. The van der Waals surface area contributed by atoms with Gasteiger partial charge in [-0.1, -0.05) is 43.3 Å². The second-order valence-electron chi connectivity index (χ2n) is 6.29. The maximum absolute atomic E-state index is 12.6. The molecule has 134 valence electrons. The first kappa shape index (κ1) is 17.7. The van der Waals surface area contributed by atoms with Crippen molar-refractivity contribution in [1.82, 2.24) is 5.32 Å². The van der Waals surface area contributed by atoms with Gasteiger partial charge < -0.3 is 14.8 Å². The van der Waals surface area contributed by atoms with Crippen LogP contribution >= 0.6 is 0 Å². The third-order valence-electron chi connectivity index (χ3n) is 4.50. The van der Waals surface area contributed by atoms with E-state index in [0.717, 1.165) is 28.5 Å². The van der Waals surface area contributed by atoms with Crippen molar-refractivity contribution in [2.75, 3.05) is 0 Å². The largest absolute Gasteiger partial charge is 0.480 e. The summed E-state index contributed by atoms with van der Waals surface area (Å²) in [6, 6.07) is 14.0. The number of amides is 1. The van der Waals surface area contributed by atoms with Crippen LogP contribution in [0, 0.1) is 6.92 Å². The highest BCUT2D eigenvalue weighted by molar-refractivity contribution is 6.00. The molecule has 0 aliphatic carbocycles. The number of hydrogen-bond acceptors (Lipinski definition) is 3. The lowest BCUT2D eigenvalue weighted by Gasteiger charge is -2.14. The molecule has 1 atom stereocenters. The third kappa shape index (κ3) is 3.61. The van der Waals surface area contributed by atoms with Gasteiger partial charge in [-0.05, 0) is 36.6 Å². The van der Waals surface area contributed by atoms with Crippen LogP contribution in [0.15, 0.2) is 52.9 Å². The number of aryl methyl sites for hydroxylation is 2. The van der Waals surface area contributed by atoms with E-state index in [1.807, 2.05) is 55.5 Å². The molecule has 1 heterocycles. The number of carbonyl (C=O) groups is 2. The highest BCUT2D eigenvalue weighted by atomic mass is 16.4. The molecule has 3 aromatic rings. The van der Waals surface area contributed by atoms with Gasteiger partial charge in [-0.2, -0.15) is 0 Å². The number of carbonyl (C=O) groups excluding carboxylic acids is 1.